The maximum absolute atomic E-state index is 12.1. The second-order valence-corrected chi connectivity index (χ2v) is 15.3. The average Bonchev–Trinajstić information content (AvgIpc) is 3.28. The lowest BCUT2D eigenvalue weighted by Crippen LogP contribution is -2.50. The van der Waals surface area contributed by atoms with Gasteiger partial charge >= 0.3 is 6.16 Å². The number of carbonyl (C=O) groups is 1. The van der Waals surface area contributed by atoms with Gasteiger partial charge in [-0.05, 0) is 69.3 Å². The maximum atomic E-state index is 12.1. The summed E-state index contributed by atoms with van der Waals surface area (Å²) in [7, 11) is -1.86. The van der Waals surface area contributed by atoms with Gasteiger partial charge in [0, 0.05) is 5.41 Å². The molecular weight excluding hydrogens is 368 g/mol. The predicted molar refractivity (Wildman–Crippen MR) is 115 cm³/mol. The van der Waals surface area contributed by atoms with Crippen LogP contribution >= 0.6 is 0 Å². The van der Waals surface area contributed by atoms with E-state index in [1.807, 2.05) is 6.92 Å². The van der Waals surface area contributed by atoms with Crippen LogP contribution in [0.15, 0.2) is 34.9 Å². The highest BCUT2D eigenvalue weighted by Gasteiger charge is 2.71. The third-order valence-corrected chi connectivity index (χ3v) is 12.0. The van der Waals surface area contributed by atoms with E-state index in [4.69, 9.17) is 13.9 Å². The van der Waals surface area contributed by atoms with Crippen LogP contribution in [0.1, 0.15) is 60.8 Å². The van der Waals surface area contributed by atoms with Gasteiger partial charge in [-0.15, -0.1) is 0 Å². The van der Waals surface area contributed by atoms with Crippen molar-refractivity contribution >= 4 is 14.5 Å². The van der Waals surface area contributed by atoms with Crippen molar-refractivity contribution in [3.8, 4) is 0 Å². The molecule has 0 aromatic carbocycles. The predicted octanol–water partition coefficient (Wildman–Crippen LogP) is 6.31. The van der Waals surface area contributed by atoms with Gasteiger partial charge in [-0.25, -0.2) is 4.79 Å². The lowest BCUT2D eigenvalue weighted by atomic mass is 9.65. The summed E-state index contributed by atoms with van der Waals surface area (Å²) in [5, 5.41) is 0.153. The van der Waals surface area contributed by atoms with Gasteiger partial charge in [0.2, 0.25) is 0 Å². The largest absolute Gasteiger partial charge is 0.509 e. The first-order valence-electron chi connectivity index (χ1n) is 10.3. The lowest BCUT2D eigenvalue weighted by molar-refractivity contribution is -0.00197. The van der Waals surface area contributed by atoms with Crippen molar-refractivity contribution in [2.45, 2.75) is 90.6 Å². The van der Waals surface area contributed by atoms with Crippen molar-refractivity contribution in [1.82, 2.24) is 0 Å². The molecule has 0 aromatic rings. The topological polar surface area (TPSA) is 44.8 Å². The molecule has 28 heavy (non-hydrogen) atoms. The number of carbonyl (C=O) groups excluding carboxylic acids is 1. The zero-order valence-corrected chi connectivity index (χ0v) is 19.8. The zero-order chi connectivity index (χ0) is 21.1. The average molecular weight is 405 g/mol. The van der Waals surface area contributed by atoms with E-state index in [1.165, 1.54) is 11.1 Å². The van der Waals surface area contributed by atoms with Crippen LogP contribution in [0, 0.1) is 5.41 Å². The summed E-state index contributed by atoms with van der Waals surface area (Å²) in [5.74, 6) is 0. The second kappa shape index (κ2) is 6.59. The van der Waals surface area contributed by atoms with Gasteiger partial charge in [0.05, 0.1) is 6.61 Å². The van der Waals surface area contributed by atoms with Crippen molar-refractivity contribution in [2.75, 3.05) is 6.61 Å². The molecule has 0 amide bonds. The van der Waals surface area contributed by atoms with Crippen LogP contribution in [-0.2, 0) is 13.9 Å². The number of allylic oxidation sites excluding steroid dienone is 1. The number of rotatable bonds is 5. The Hall–Kier alpha value is -1.33. The number of fused-ring (bicyclic) bond motifs is 2. The van der Waals surface area contributed by atoms with E-state index in [2.05, 4.69) is 60.4 Å². The Bertz CT molecular complexity index is 764. The highest BCUT2D eigenvalue weighted by molar-refractivity contribution is 6.74. The van der Waals surface area contributed by atoms with Crippen molar-refractivity contribution in [2.24, 2.45) is 5.41 Å². The highest BCUT2D eigenvalue weighted by Crippen LogP contribution is 2.68. The van der Waals surface area contributed by atoms with Crippen LogP contribution in [0.4, 0.5) is 4.79 Å². The van der Waals surface area contributed by atoms with E-state index in [-0.39, 0.29) is 16.6 Å². The molecule has 2 atom stereocenters. The van der Waals surface area contributed by atoms with Crippen molar-refractivity contribution < 1.29 is 18.7 Å². The van der Waals surface area contributed by atoms with Crippen LogP contribution < -0.4 is 0 Å². The minimum atomic E-state index is -1.86. The van der Waals surface area contributed by atoms with Crippen molar-refractivity contribution in [3.63, 3.8) is 0 Å². The summed E-state index contributed by atoms with van der Waals surface area (Å²) in [6, 6.07) is 0. The first-order valence-corrected chi connectivity index (χ1v) is 13.2. The van der Waals surface area contributed by atoms with E-state index in [1.54, 1.807) is 0 Å². The fraction of sp³-hybridized carbons (Fsp3) is 0.696. The molecule has 2 fully saturated rings. The SMILES string of the molecule is C=C(C)CC1=C(C)C2(CC2)[C@@]2(C)OC(=O)O[C@H]2/C1=C\CO[Si](C)(C)C(C)(C)C. The summed E-state index contributed by atoms with van der Waals surface area (Å²) in [4.78, 5) is 12.1. The minimum Gasteiger partial charge on any atom is -0.423 e. The Balaban J connectivity index is 2.00. The smallest absolute Gasteiger partial charge is 0.423 e. The Kier molecular flexibility index (Phi) is 5.03. The van der Waals surface area contributed by atoms with Gasteiger partial charge in [-0.1, -0.05) is 44.6 Å². The molecule has 0 unspecified atom stereocenters. The fourth-order valence-corrected chi connectivity index (χ4v) is 5.46. The first kappa shape index (κ1) is 21.4. The molecule has 4 nitrogen and oxygen atoms in total. The quantitative estimate of drug-likeness (QED) is 0.306. The second-order valence-electron chi connectivity index (χ2n) is 10.5. The Morgan fingerprint density at radius 3 is 2.46 bits per heavy atom. The molecule has 0 radical (unpaired) electrons. The molecule has 1 spiro atoms. The molecule has 2 aliphatic carbocycles. The van der Waals surface area contributed by atoms with Crippen LogP contribution in [0.25, 0.3) is 0 Å². The van der Waals surface area contributed by atoms with Crippen LogP contribution in [0.5, 0.6) is 0 Å². The third kappa shape index (κ3) is 3.20. The van der Waals surface area contributed by atoms with Gasteiger partial charge in [0.1, 0.15) is 0 Å². The molecule has 156 valence electrons. The summed E-state index contributed by atoms with van der Waals surface area (Å²) in [6.07, 6.45) is 4.07. The Morgan fingerprint density at radius 1 is 1.36 bits per heavy atom. The summed E-state index contributed by atoms with van der Waals surface area (Å²) in [6.45, 7) is 22.2. The third-order valence-electron chi connectivity index (χ3n) is 7.54. The van der Waals surface area contributed by atoms with E-state index < -0.39 is 20.1 Å². The molecular formula is C23H36O4Si. The fourth-order valence-electron chi connectivity index (χ4n) is 4.52. The normalized spacial score (nSPS) is 30.4. The van der Waals surface area contributed by atoms with Crippen molar-refractivity contribution in [1.29, 1.82) is 0 Å². The van der Waals surface area contributed by atoms with Crippen LogP contribution in [0.3, 0.4) is 0 Å². The molecule has 0 bridgehead atoms. The molecule has 3 rings (SSSR count). The lowest BCUT2D eigenvalue weighted by Gasteiger charge is -2.43. The summed E-state index contributed by atoms with van der Waals surface area (Å²) < 4.78 is 17.9. The molecule has 5 heteroatoms. The van der Waals surface area contributed by atoms with E-state index >= 15 is 0 Å². The highest BCUT2D eigenvalue weighted by atomic mass is 28.4. The maximum Gasteiger partial charge on any atom is 0.509 e. The van der Waals surface area contributed by atoms with E-state index in [0.717, 1.165) is 30.4 Å². The molecule has 1 saturated carbocycles. The van der Waals surface area contributed by atoms with E-state index in [0.29, 0.717) is 6.61 Å². The molecule has 0 N–H and O–H groups in total. The van der Waals surface area contributed by atoms with Gasteiger partial charge in [0.25, 0.3) is 0 Å². The molecule has 1 saturated heterocycles. The first-order chi connectivity index (χ1) is 12.8. The van der Waals surface area contributed by atoms with Gasteiger partial charge < -0.3 is 13.9 Å². The minimum absolute atomic E-state index is 0.0910. The molecule has 0 aromatic heterocycles. The molecule has 1 heterocycles. The molecule has 3 aliphatic rings. The zero-order valence-electron chi connectivity index (χ0n) is 18.8. The monoisotopic (exact) mass is 404 g/mol. The summed E-state index contributed by atoms with van der Waals surface area (Å²) in [5.41, 5.74) is 4.01. The standard InChI is InChI=1S/C23H36O4Si/c1-15(2)14-18-16(3)23(11-12-23)22(7)19(26-20(24)27-22)17(18)10-13-25-28(8,9)21(4,5)6/h10,19H,1,11-14H2,2-9H3/b17-10-/t19-,22-/m0/s1. The summed E-state index contributed by atoms with van der Waals surface area (Å²) >= 11 is 0. The van der Waals surface area contributed by atoms with E-state index in [9.17, 15) is 4.79 Å². The number of hydrogen-bond acceptors (Lipinski definition) is 4. The van der Waals surface area contributed by atoms with Gasteiger partial charge in [-0.2, -0.15) is 0 Å². The van der Waals surface area contributed by atoms with Crippen LogP contribution in [-0.4, -0.2) is 32.8 Å². The number of hydrogen-bond donors (Lipinski definition) is 0. The number of ether oxygens (including phenoxy) is 2. The Labute approximate surface area is 171 Å². The Morgan fingerprint density at radius 2 is 1.96 bits per heavy atom. The van der Waals surface area contributed by atoms with Crippen LogP contribution in [0.2, 0.25) is 18.1 Å². The van der Waals surface area contributed by atoms with Crippen molar-refractivity contribution in [3.05, 3.63) is 34.9 Å². The van der Waals surface area contributed by atoms with Gasteiger partial charge in [-0.3, -0.25) is 0 Å². The van der Waals surface area contributed by atoms with Gasteiger partial charge in [0.15, 0.2) is 20.0 Å². The molecule has 1 aliphatic heterocycles.